The first-order valence-corrected chi connectivity index (χ1v) is 2.87. The van der Waals surface area contributed by atoms with Crippen molar-refractivity contribution in [3.8, 4) is 0 Å². The Hall–Kier alpha value is -0.130. The van der Waals surface area contributed by atoms with E-state index in [-0.39, 0.29) is 6.67 Å². The van der Waals surface area contributed by atoms with Crippen molar-refractivity contribution in [3.63, 3.8) is 0 Å². The molecule has 0 amide bonds. The predicted molar refractivity (Wildman–Crippen MR) is 27.1 cm³/mol. The maximum Gasteiger partial charge on any atom is 0.204 e. The molecule has 0 unspecified atom stereocenters. The summed E-state index contributed by atoms with van der Waals surface area (Å²) in [6, 6.07) is 0. The molecular weight excluding hydrogens is 116 g/mol. The van der Waals surface area contributed by atoms with Crippen molar-refractivity contribution in [2.75, 3.05) is 13.7 Å². The van der Waals surface area contributed by atoms with Gasteiger partial charge in [0.2, 0.25) is 10.9 Å². The van der Waals surface area contributed by atoms with Crippen LogP contribution in [0, 0.1) is 0 Å². The zero-order valence-corrected chi connectivity index (χ0v) is 4.89. The fourth-order valence-electron chi connectivity index (χ4n) is 0.0667. The molecular formula is C2H8N2O2S. The van der Waals surface area contributed by atoms with E-state index in [1.54, 1.807) is 0 Å². The Morgan fingerprint density at radius 3 is 2.14 bits per heavy atom. The summed E-state index contributed by atoms with van der Waals surface area (Å²) >= 11 is 0. The van der Waals surface area contributed by atoms with Gasteiger partial charge < -0.3 is 5.73 Å². The van der Waals surface area contributed by atoms with E-state index < -0.39 is 10.9 Å². The molecule has 0 aliphatic carbocycles. The Balaban J connectivity index is 3.57. The Kier molecular flexibility index (Phi) is 2.89. The Morgan fingerprint density at radius 1 is 1.71 bits per heavy atom. The van der Waals surface area contributed by atoms with Crippen molar-refractivity contribution < 1.29 is 8.42 Å². The molecule has 0 heterocycles. The van der Waals surface area contributed by atoms with E-state index in [9.17, 15) is 8.42 Å². The van der Waals surface area contributed by atoms with Gasteiger partial charge in [0.25, 0.3) is 0 Å². The van der Waals surface area contributed by atoms with E-state index in [4.69, 9.17) is 5.73 Å². The van der Waals surface area contributed by atoms with Crippen molar-refractivity contribution in [3.05, 3.63) is 0 Å². The number of rotatable bonds is 2. The molecule has 0 saturated heterocycles. The van der Waals surface area contributed by atoms with Crippen LogP contribution in [0.4, 0.5) is 0 Å². The van der Waals surface area contributed by atoms with Gasteiger partial charge in [0, 0.05) is 7.05 Å². The summed E-state index contributed by atoms with van der Waals surface area (Å²) in [6.45, 7) is 0.0543. The number of hydrogen-bond acceptors (Lipinski definition) is 3. The Labute approximate surface area is 44.0 Å². The van der Waals surface area contributed by atoms with E-state index in [2.05, 4.69) is 0 Å². The lowest BCUT2D eigenvalue weighted by Gasteiger charge is -1.99. The second kappa shape index (κ2) is 2.95. The molecule has 0 aromatic rings. The Morgan fingerprint density at radius 2 is 2.14 bits per heavy atom. The highest BCUT2D eigenvalue weighted by molar-refractivity contribution is 7.69. The lowest BCUT2D eigenvalue weighted by atomic mass is 11.1. The lowest BCUT2D eigenvalue weighted by Crippen LogP contribution is -2.23. The molecule has 0 rings (SSSR count). The first-order valence-electron chi connectivity index (χ1n) is 1.74. The monoisotopic (exact) mass is 124 g/mol. The number of thiol groups is 1. The fourth-order valence-corrected chi connectivity index (χ4v) is 0.200. The quantitative estimate of drug-likeness (QED) is 0.343. The van der Waals surface area contributed by atoms with Gasteiger partial charge >= 0.3 is 0 Å². The van der Waals surface area contributed by atoms with E-state index >= 15 is 0 Å². The van der Waals surface area contributed by atoms with Gasteiger partial charge in [-0.2, -0.15) is 4.31 Å². The third-order valence-electron chi connectivity index (χ3n) is 0.543. The first kappa shape index (κ1) is 6.87. The van der Waals surface area contributed by atoms with Crippen LogP contribution in [0.5, 0.6) is 0 Å². The molecule has 5 heteroatoms. The van der Waals surface area contributed by atoms with Crippen molar-refractivity contribution in [1.82, 2.24) is 4.31 Å². The summed E-state index contributed by atoms with van der Waals surface area (Å²) in [5.41, 5.74) is 4.92. The van der Waals surface area contributed by atoms with Crippen LogP contribution in [0.2, 0.25) is 0 Å². The summed E-state index contributed by atoms with van der Waals surface area (Å²) in [5, 5.41) is 0. The molecule has 0 aliphatic heterocycles. The fraction of sp³-hybridized carbons (Fsp3) is 1.00. The minimum absolute atomic E-state index is 0.0543. The lowest BCUT2D eigenvalue weighted by molar-refractivity contribution is 0.500. The van der Waals surface area contributed by atoms with Crippen LogP contribution in [0.3, 0.4) is 0 Å². The molecule has 0 spiro atoms. The van der Waals surface area contributed by atoms with Crippen molar-refractivity contribution in [2.24, 2.45) is 5.73 Å². The molecule has 44 valence electrons. The molecule has 0 aromatic carbocycles. The van der Waals surface area contributed by atoms with Gasteiger partial charge in [-0.15, -0.1) is 0 Å². The largest absolute Gasteiger partial charge is 0.318 e. The summed E-state index contributed by atoms with van der Waals surface area (Å²) in [4.78, 5) is 0. The predicted octanol–water partition coefficient (Wildman–Crippen LogP) is -1.64. The molecule has 0 aliphatic rings. The summed E-state index contributed by atoms with van der Waals surface area (Å²) in [5.74, 6) is 0. The minimum atomic E-state index is -2.45. The van der Waals surface area contributed by atoms with E-state index in [0.717, 1.165) is 4.31 Å². The molecule has 0 atom stereocenters. The van der Waals surface area contributed by atoms with Crippen LogP contribution in [-0.4, -0.2) is 26.4 Å². The summed E-state index contributed by atoms with van der Waals surface area (Å²) in [7, 11) is -1.05. The average molecular weight is 124 g/mol. The molecule has 0 aromatic heterocycles. The first-order chi connectivity index (χ1) is 3.18. The Bertz CT molecular complexity index is 102. The highest BCUT2D eigenvalue weighted by Gasteiger charge is 1.89. The molecule has 0 saturated carbocycles. The zero-order valence-electron chi connectivity index (χ0n) is 4.00. The van der Waals surface area contributed by atoms with Crippen LogP contribution in [0.25, 0.3) is 0 Å². The van der Waals surface area contributed by atoms with Crippen LogP contribution in [0.15, 0.2) is 0 Å². The average Bonchev–Trinajstić information content (AvgIpc) is 1.65. The van der Waals surface area contributed by atoms with Crippen LogP contribution < -0.4 is 5.73 Å². The van der Waals surface area contributed by atoms with Crippen LogP contribution in [0.1, 0.15) is 0 Å². The van der Waals surface area contributed by atoms with Gasteiger partial charge in [0.15, 0.2) is 0 Å². The SMILES string of the molecule is CN(CN)[SH](=O)=O. The van der Waals surface area contributed by atoms with Gasteiger partial charge in [-0.3, -0.25) is 0 Å². The maximum atomic E-state index is 9.81. The zero-order chi connectivity index (χ0) is 5.86. The smallest absolute Gasteiger partial charge is 0.204 e. The standard InChI is InChI=1S/C2H8N2O2S/c1-4(2-3)7(5)6/h7H,2-3H2,1H3. The topological polar surface area (TPSA) is 63.4 Å². The highest BCUT2D eigenvalue weighted by Crippen LogP contribution is 1.70. The maximum absolute atomic E-state index is 9.81. The molecule has 0 bridgehead atoms. The van der Waals surface area contributed by atoms with Crippen LogP contribution >= 0.6 is 0 Å². The van der Waals surface area contributed by atoms with Crippen molar-refractivity contribution in [1.29, 1.82) is 0 Å². The number of hydrogen-bond donors (Lipinski definition) is 2. The molecule has 7 heavy (non-hydrogen) atoms. The third-order valence-corrected chi connectivity index (χ3v) is 1.26. The van der Waals surface area contributed by atoms with Crippen molar-refractivity contribution >= 4 is 10.9 Å². The minimum Gasteiger partial charge on any atom is -0.318 e. The molecule has 0 fully saturated rings. The van der Waals surface area contributed by atoms with Gasteiger partial charge in [-0.25, -0.2) is 8.42 Å². The van der Waals surface area contributed by atoms with Crippen LogP contribution in [-0.2, 0) is 10.9 Å². The van der Waals surface area contributed by atoms with E-state index in [1.165, 1.54) is 7.05 Å². The normalized spacial score (nSPS) is 10.9. The van der Waals surface area contributed by atoms with Gasteiger partial charge in [-0.05, 0) is 0 Å². The highest BCUT2D eigenvalue weighted by atomic mass is 32.2. The summed E-state index contributed by atoms with van der Waals surface area (Å²) in [6.07, 6.45) is 0. The van der Waals surface area contributed by atoms with Crippen molar-refractivity contribution in [2.45, 2.75) is 0 Å². The van der Waals surface area contributed by atoms with Gasteiger partial charge in [0.1, 0.15) is 0 Å². The molecule has 0 radical (unpaired) electrons. The summed E-state index contributed by atoms with van der Waals surface area (Å²) < 4.78 is 20.6. The van der Waals surface area contributed by atoms with Gasteiger partial charge in [-0.1, -0.05) is 0 Å². The number of nitrogens with zero attached hydrogens (tertiary/aromatic N) is 1. The second-order valence-corrected chi connectivity index (χ2v) is 2.24. The van der Waals surface area contributed by atoms with E-state index in [1.807, 2.05) is 0 Å². The van der Waals surface area contributed by atoms with Gasteiger partial charge in [0.05, 0.1) is 6.67 Å². The number of nitrogens with two attached hydrogens (primary N) is 1. The molecule has 2 N–H and O–H groups in total. The molecule has 4 nitrogen and oxygen atoms in total. The second-order valence-electron chi connectivity index (χ2n) is 1.08. The third kappa shape index (κ3) is 2.55. The van der Waals surface area contributed by atoms with E-state index in [0.29, 0.717) is 0 Å².